The van der Waals surface area contributed by atoms with Crippen LogP contribution >= 0.6 is 24.0 Å². The summed E-state index contributed by atoms with van der Waals surface area (Å²) in [6, 6.07) is 1.84. The smallest absolute Gasteiger partial charge is 0.225 e. The summed E-state index contributed by atoms with van der Waals surface area (Å²) >= 11 is 0. The predicted octanol–water partition coefficient (Wildman–Crippen LogP) is 1.89. The van der Waals surface area contributed by atoms with Gasteiger partial charge in [-0.25, -0.2) is 9.97 Å². The largest absolute Gasteiger partial charge is 0.370 e. The number of allylic oxidation sites excluding steroid dienone is 2. The van der Waals surface area contributed by atoms with Gasteiger partial charge in [-0.3, -0.25) is 4.99 Å². The van der Waals surface area contributed by atoms with E-state index in [1.807, 2.05) is 6.07 Å². The second kappa shape index (κ2) is 9.05. The fourth-order valence-corrected chi connectivity index (χ4v) is 2.93. The lowest BCUT2D eigenvalue weighted by Gasteiger charge is -2.35. The molecule has 0 spiro atoms. The number of nitrogens with two attached hydrogens (primary N) is 1. The Bertz CT molecular complexity index is 525. The number of rotatable bonds is 3. The fourth-order valence-electron chi connectivity index (χ4n) is 2.93. The molecular formula is C16H25IN6. The van der Waals surface area contributed by atoms with Gasteiger partial charge in [-0.15, -0.1) is 24.0 Å². The first kappa shape index (κ1) is 18.0. The summed E-state index contributed by atoms with van der Waals surface area (Å²) < 4.78 is 0. The third-order valence-corrected chi connectivity index (χ3v) is 4.33. The zero-order valence-electron chi connectivity index (χ0n) is 13.3. The number of hydrogen-bond acceptors (Lipinski definition) is 4. The van der Waals surface area contributed by atoms with E-state index in [-0.39, 0.29) is 24.0 Å². The second-order valence-corrected chi connectivity index (χ2v) is 5.87. The standard InChI is InChI=1S/C16H24N6.HI/c17-15(20-13-14-5-2-1-3-6-14)21-9-11-22(12-10-21)16-18-7-4-8-19-16;/h1-2,4,7-8,14H,3,5-6,9-13H2,(H2,17,20);1H. The number of halogens is 1. The Morgan fingerprint density at radius 1 is 1.17 bits per heavy atom. The lowest BCUT2D eigenvalue weighted by Crippen LogP contribution is -2.51. The van der Waals surface area contributed by atoms with Gasteiger partial charge in [-0.05, 0) is 31.2 Å². The van der Waals surface area contributed by atoms with E-state index in [1.165, 1.54) is 12.8 Å². The Hall–Kier alpha value is -1.38. The normalized spacial score (nSPS) is 21.9. The van der Waals surface area contributed by atoms with Crippen molar-refractivity contribution in [1.82, 2.24) is 14.9 Å². The van der Waals surface area contributed by atoms with Crippen molar-refractivity contribution in [2.45, 2.75) is 19.3 Å². The Morgan fingerprint density at radius 3 is 2.57 bits per heavy atom. The highest BCUT2D eigenvalue weighted by Gasteiger charge is 2.20. The van der Waals surface area contributed by atoms with Crippen LogP contribution in [0.2, 0.25) is 0 Å². The van der Waals surface area contributed by atoms with E-state index >= 15 is 0 Å². The molecule has 2 heterocycles. The molecule has 0 radical (unpaired) electrons. The SMILES string of the molecule is I.NC(=NCC1CC=CCC1)N1CCN(c2ncccn2)CC1. The molecule has 1 aromatic heterocycles. The summed E-state index contributed by atoms with van der Waals surface area (Å²) in [5.41, 5.74) is 6.16. The van der Waals surface area contributed by atoms with Gasteiger partial charge in [-0.1, -0.05) is 12.2 Å². The average molecular weight is 428 g/mol. The van der Waals surface area contributed by atoms with Gasteiger partial charge in [-0.2, -0.15) is 0 Å². The molecule has 1 fully saturated rings. The van der Waals surface area contributed by atoms with Crippen LogP contribution in [0.1, 0.15) is 19.3 Å². The van der Waals surface area contributed by atoms with Crippen molar-refractivity contribution in [2.75, 3.05) is 37.6 Å². The number of guanidine groups is 1. The number of nitrogens with zero attached hydrogens (tertiary/aromatic N) is 5. The van der Waals surface area contributed by atoms with E-state index < -0.39 is 0 Å². The summed E-state index contributed by atoms with van der Waals surface area (Å²) in [4.78, 5) is 17.6. The molecule has 3 rings (SSSR count). The maximum atomic E-state index is 6.16. The van der Waals surface area contributed by atoms with E-state index in [2.05, 4.69) is 36.9 Å². The Kier molecular flexibility index (Phi) is 7.07. The van der Waals surface area contributed by atoms with Crippen LogP contribution in [-0.2, 0) is 0 Å². The van der Waals surface area contributed by atoms with E-state index in [4.69, 9.17) is 5.73 Å². The van der Waals surface area contributed by atoms with Gasteiger partial charge in [0.2, 0.25) is 5.95 Å². The zero-order chi connectivity index (χ0) is 15.2. The van der Waals surface area contributed by atoms with Crippen LogP contribution in [0.3, 0.4) is 0 Å². The van der Waals surface area contributed by atoms with Crippen LogP contribution in [0, 0.1) is 5.92 Å². The first-order valence-electron chi connectivity index (χ1n) is 8.05. The molecule has 2 N–H and O–H groups in total. The highest BCUT2D eigenvalue weighted by atomic mass is 127. The number of piperazine rings is 1. The first-order valence-corrected chi connectivity index (χ1v) is 8.05. The molecule has 1 aromatic rings. The third kappa shape index (κ3) is 5.05. The average Bonchev–Trinajstić information content (AvgIpc) is 2.61. The topological polar surface area (TPSA) is 70.6 Å². The molecule has 23 heavy (non-hydrogen) atoms. The maximum Gasteiger partial charge on any atom is 0.225 e. The van der Waals surface area contributed by atoms with Crippen molar-refractivity contribution < 1.29 is 0 Å². The van der Waals surface area contributed by atoms with Gasteiger partial charge in [0, 0.05) is 45.1 Å². The summed E-state index contributed by atoms with van der Waals surface area (Å²) in [5.74, 6) is 2.14. The molecule has 0 bridgehead atoms. The monoisotopic (exact) mass is 428 g/mol. The van der Waals surface area contributed by atoms with E-state index in [0.717, 1.165) is 45.1 Å². The van der Waals surface area contributed by atoms with E-state index in [9.17, 15) is 0 Å². The predicted molar refractivity (Wildman–Crippen MR) is 104 cm³/mol. The number of aliphatic imine (C=N–C) groups is 1. The Labute approximate surface area is 154 Å². The Morgan fingerprint density at radius 2 is 1.91 bits per heavy atom. The molecule has 2 aliphatic rings. The second-order valence-electron chi connectivity index (χ2n) is 5.87. The fraction of sp³-hybridized carbons (Fsp3) is 0.562. The quantitative estimate of drug-likeness (QED) is 0.345. The number of aromatic nitrogens is 2. The van der Waals surface area contributed by atoms with Gasteiger partial charge >= 0.3 is 0 Å². The zero-order valence-corrected chi connectivity index (χ0v) is 15.7. The van der Waals surface area contributed by atoms with Crippen molar-refractivity contribution in [3.05, 3.63) is 30.6 Å². The van der Waals surface area contributed by atoms with Crippen LogP contribution in [0.25, 0.3) is 0 Å². The van der Waals surface area contributed by atoms with E-state index in [1.54, 1.807) is 12.4 Å². The maximum absolute atomic E-state index is 6.16. The molecule has 0 saturated carbocycles. The highest BCUT2D eigenvalue weighted by Crippen LogP contribution is 2.18. The van der Waals surface area contributed by atoms with Crippen molar-refractivity contribution >= 4 is 35.9 Å². The van der Waals surface area contributed by atoms with Crippen LogP contribution in [-0.4, -0.2) is 53.6 Å². The minimum atomic E-state index is 0. The van der Waals surface area contributed by atoms with E-state index in [0.29, 0.717) is 11.9 Å². The summed E-state index contributed by atoms with van der Waals surface area (Å²) in [7, 11) is 0. The minimum Gasteiger partial charge on any atom is -0.370 e. The molecule has 1 unspecified atom stereocenters. The van der Waals surface area contributed by atoms with Crippen LogP contribution < -0.4 is 10.6 Å². The minimum absolute atomic E-state index is 0. The van der Waals surface area contributed by atoms with Crippen molar-refractivity contribution in [1.29, 1.82) is 0 Å². The van der Waals surface area contributed by atoms with Crippen LogP contribution in [0.4, 0.5) is 5.95 Å². The van der Waals surface area contributed by atoms with Gasteiger partial charge in [0.05, 0.1) is 0 Å². The summed E-state index contributed by atoms with van der Waals surface area (Å²) in [6.45, 7) is 4.35. The van der Waals surface area contributed by atoms with Gasteiger partial charge < -0.3 is 15.5 Å². The molecular weight excluding hydrogens is 403 g/mol. The molecule has 0 amide bonds. The molecule has 7 heteroatoms. The molecule has 1 aliphatic heterocycles. The summed E-state index contributed by atoms with van der Waals surface area (Å²) in [6.07, 6.45) is 11.6. The summed E-state index contributed by atoms with van der Waals surface area (Å²) in [5, 5.41) is 0. The third-order valence-electron chi connectivity index (χ3n) is 4.33. The van der Waals surface area contributed by atoms with Crippen LogP contribution in [0.15, 0.2) is 35.6 Å². The van der Waals surface area contributed by atoms with Gasteiger partial charge in [0.15, 0.2) is 5.96 Å². The van der Waals surface area contributed by atoms with Crippen LogP contribution in [0.5, 0.6) is 0 Å². The van der Waals surface area contributed by atoms with Gasteiger partial charge in [0.25, 0.3) is 0 Å². The lowest BCUT2D eigenvalue weighted by atomic mass is 9.95. The lowest BCUT2D eigenvalue weighted by molar-refractivity contribution is 0.375. The van der Waals surface area contributed by atoms with Gasteiger partial charge in [0.1, 0.15) is 0 Å². The molecule has 1 aliphatic carbocycles. The molecule has 126 valence electrons. The molecule has 1 saturated heterocycles. The first-order chi connectivity index (χ1) is 10.8. The molecule has 6 nitrogen and oxygen atoms in total. The number of hydrogen-bond donors (Lipinski definition) is 1. The number of anilines is 1. The van der Waals surface area contributed by atoms with Crippen molar-refractivity contribution in [3.63, 3.8) is 0 Å². The van der Waals surface area contributed by atoms with Crippen molar-refractivity contribution in [2.24, 2.45) is 16.6 Å². The molecule has 0 aromatic carbocycles. The molecule has 1 atom stereocenters. The Balaban J connectivity index is 0.00000192. The van der Waals surface area contributed by atoms with Crippen molar-refractivity contribution in [3.8, 4) is 0 Å². The highest BCUT2D eigenvalue weighted by molar-refractivity contribution is 14.0.